The smallest absolute Gasteiger partial charge is 0.278 e. The molecule has 5 heteroatoms. The molecule has 2 heterocycles. The summed E-state index contributed by atoms with van der Waals surface area (Å²) in [4.78, 5) is 31.1. The summed E-state index contributed by atoms with van der Waals surface area (Å²) in [7, 11) is 0. The van der Waals surface area contributed by atoms with E-state index in [1.807, 2.05) is 31.2 Å². The molecule has 1 saturated carbocycles. The highest BCUT2D eigenvalue weighted by atomic mass is 16.5. The lowest BCUT2D eigenvalue weighted by Crippen LogP contribution is -2.43. The molecule has 1 aliphatic carbocycles. The SMILES string of the molecule is CCOc1ccc(C2=C(N3CCCCC3)C(=O)N(C3CCCCCCC3)C2=O)cc1. The van der Waals surface area contributed by atoms with Crippen molar-refractivity contribution < 1.29 is 14.3 Å². The maximum Gasteiger partial charge on any atom is 0.278 e. The molecule has 0 spiro atoms. The Morgan fingerprint density at radius 1 is 0.833 bits per heavy atom. The van der Waals surface area contributed by atoms with Crippen molar-refractivity contribution >= 4 is 17.4 Å². The lowest BCUT2D eigenvalue weighted by atomic mass is 9.95. The highest BCUT2D eigenvalue weighted by molar-refractivity contribution is 6.35. The molecule has 4 rings (SSSR count). The van der Waals surface area contributed by atoms with Crippen LogP contribution >= 0.6 is 0 Å². The van der Waals surface area contributed by atoms with Crippen LogP contribution in [0.5, 0.6) is 5.75 Å². The Kier molecular flexibility index (Phi) is 6.76. The molecule has 1 saturated heterocycles. The number of carbonyl (C=O) groups excluding carboxylic acids is 2. The summed E-state index contributed by atoms with van der Waals surface area (Å²) in [6.07, 6.45) is 11.1. The lowest BCUT2D eigenvalue weighted by Gasteiger charge is -2.31. The number of hydrogen-bond donors (Lipinski definition) is 0. The Bertz CT molecular complexity index is 785. The summed E-state index contributed by atoms with van der Waals surface area (Å²) in [5.74, 6) is 0.613. The molecular formula is C25H34N2O3. The maximum absolute atomic E-state index is 13.7. The average molecular weight is 411 g/mol. The van der Waals surface area contributed by atoms with Crippen molar-refractivity contribution in [3.05, 3.63) is 35.5 Å². The zero-order valence-electron chi connectivity index (χ0n) is 18.2. The van der Waals surface area contributed by atoms with Gasteiger partial charge in [0.25, 0.3) is 11.8 Å². The zero-order chi connectivity index (χ0) is 20.9. The monoisotopic (exact) mass is 410 g/mol. The van der Waals surface area contributed by atoms with E-state index in [0.29, 0.717) is 17.9 Å². The molecule has 0 N–H and O–H groups in total. The summed E-state index contributed by atoms with van der Waals surface area (Å²) < 4.78 is 5.57. The van der Waals surface area contributed by atoms with Crippen LogP contribution in [0.3, 0.4) is 0 Å². The summed E-state index contributed by atoms with van der Waals surface area (Å²) in [6, 6.07) is 7.69. The van der Waals surface area contributed by atoms with Crippen LogP contribution in [0.15, 0.2) is 30.0 Å². The second-order valence-corrected chi connectivity index (χ2v) is 8.71. The quantitative estimate of drug-likeness (QED) is 0.657. The Labute approximate surface area is 180 Å². The number of ether oxygens (including phenoxy) is 1. The van der Waals surface area contributed by atoms with Gasteiger partial charge in [0.05, 0.1) is 12.2 Å². The molecule has 5 nitrogen and oxygen atoms in total. The third-order valence-electron chi connectivity index (χ3n) is 6.66. The number of benzene rings is 1. The minimum absolute atomic E-state index is 0.0327. The van der Waals surface area contributed by atoms with Gasteiger partial charge in [0, 0.05) is 19.1 Å². The van der Waals surface area contributed by atoms with E-state index in [0.717, 1.165) is 62.9 Å². The molecule has 30 heavy (non-hydrogen) atoms. The summed E-state index contributed by atoms with van der Waals surface area (Å²) in [5.41, 5.74) is 2.05. The van der Waals surface area contributed by atoms with Gasteiger partial charge in [-0.05, 0) is 56.7 Å². The molecule has 2 amide bonds. The molecule has 162 valence electrons. The predicted molar refractivity (Wildman–Crippen MR) is 118 cm³/mol. The van der Waals surface area contributed by atoms with E-state index in [1.165, 1.54) is 25.7 Å². The third-order valence-corrected chi connectivity index (χ3v) is 6.66. The first-order valence-electron chi connectivity index (χ1n) is 11.8. The van der Waals surface area contributed by atoms with Gasteiger partial charge in [-0.25, -0.2) is 0 Å². The highest BCUT2D eigenvalue weighted by Crippen LogP contribution is 2.37. The van der Waals surface area contributed by atoms with Gasteiger partial charge in [-0.2, -0.15) is 0 Å². The molecule has 0 bridgehead atoms. The van der Waals surface area contributed by atoms with E-state index < -0.39 is 0 Å². The Balaban J connectivity index is 1.68. The van der Waals surface area contributed by atoms with Crippen molar-refractivity contribution in [2.24, 2.45) is 0 Å². The first-order chi connectivity index (χ1) is 14.7. The molecule has 1 aromatic carbocycles. The van der Waals surface area contributed by atoms with E-state index in [-0.39, 0.29) is 17.9 Å². The van der Waals surface area contributed by atoms with Gasteiger partial charge < -0.3 is 9.64 Å². The van der Waals surface area contributed by atoms with E-state index in [9.17, 15) is 9.59 Å². The van der Waals surface area contributed by atoms with Gasteiger partial charge in [-0.3, -0.25) is 14.5 Å². The zero-order valence-corrected chi connectivity index (χ0v) is 18.2. The van der Waals surface area contributed by atoms with Crippen LogP contribution in [-0.4, -0.2) is 47.4 Å². The first-order valence-corrected chi connectivity index (χ1v) is 11.8. The molecule has 0 unspecified atom stereocenters. The van der Waals surface area contributed by atoms with Gasteiger partial charge in [0.15, 0.2) is 0 Å². The molecule has 2 fully saturated rings. The molecule has 1 aromatic rings. The number of imide groups is 1. The lowest BCUT2D eigenvalue weighted by molar-refractivity contribution is -0.140. The topological polar surface area (TPSA) is 49.9 Å². The molecule has 3 aliphatic rings. The van der Waals surface area contributed by atoms with Gasteiger partial charge in [-0.1, -0.05) is 44.2 Å². The van der Waals surface area contributed by atoms with Crippen LogP contribution in [-0.2, 0) is 9.59 Å². The molecule has 0 aromatic heterocycles. The number of hydrogen-bond acceptors (Lipinski definition) is 4. The van der Waals surface area contributed by atoms with Crippen LogP contribution in [0.4, 0.5) is 0 Å². The van der Waals surface area contributed by atoms with Crippen LogP contribution in [0, 0.1) is 0 Å². The van der Waals surface area contributed by atoms with Gasteiger partial charge >= 0.3 is 0 Å². The average Bonchev–Trinajstić information content (AvgIpc) is 3.00. The van der Waals surface area contributed by atoms with Crippen molar-refractivity contribution in [3.63, 3.8) is 0 Å². The van der Waals surface area contributed by atoms with Crippen LogP contribution in [0.25, 0.3) is 5.57 Å². The van der Waals surface area contributed by atoms with Crippen molar-refractivity contribution in [2.45, 2.75) is 77.2 Å². The second kappa shape index (κ2) is 9.67. The van der Waals surface area contributed by atoms with Crippen molar-refractivity contribution in [1.82, 2.24) is 9.80 Å². The van der Waals surface area contributed by atoms with Crippen molar-refractivity contribution in [1.29, 1.82) is 0 Å². The van der Waals surface area contributed by atoms with Gasteiger partial charge in [-0.15, -0.1) is 0 Å². The van der Waals surface area contributed by atoms with Crippen LogP contribution < -0.4 is 4.74 Å². The molecule has 0 atom stereocenters. The minimum atomic E-state index is -0.102. The van der Waals surface area contributed by atoms with Gasteiger partial charge in [0.1, 0.15) is 11.4 Å². The van der Waals surface area contributed by atoms with Crippen molar-refractivity contribution in [3.8, 4) is 5.75 Å². The van der Waals surface area contributed by atoms with Crippen LogP contribution in [0.2, 0.25) is 0 Å². The molecular weight excluding hydrogens is 376 g/mol. The number of piperidine rings is 1. The first kappa shape index (κ1) is 21.0. The predicted octanol–water partition coefficient (Wildman–Crippen LogP) is 4.76. The number of likely N-dealkylation sites (tertiary alicyclic amines) is 1. The molecule has 2 aliphatic heterocycles. The summed E-state index contributed by atoms with van der Waals surface area (Å²) in [5, 5.41) is 0. The van der Waals surface area contributed by atoms with Crippen molar-refractivity contribution in [2.75, 3.05) is 19.7 Å². The largest absolute Gasteiger partial charge is 0.494 e. The normalized spacial score (nSPS) is 21.8. The fourth-order valence-corrected chi connectivity index (χ4v) is 5.12. The number of carbonyl (C=O) groups is 2. The fraction of sp³-hybridized carbons (Fsp3) is 0.600. The van der Waals surface area contributed by atoms with E-state index >= 15 is 0 Å². The van der Waals surface area contributed by atoms with E-state index in [2.05, 4.69) is 4.90 Å². The summed E-state index contributed by atoms with van der Waals surface area (Å²) in [6.45, 7) is 4.27. The van der Waals surface area contributed by atoms with Gasteiger partial charge in [0.2, 0.25) is 0 Å². The maximum atomic E-state index is 13.7. The third kappa shape index (κ3) is 4.26. The Morgan fingerprint density at radius 3 is 2.07 bits per heavy atom. The van der Waals surface area contributed by atoms with E-state index in [1.54, 1.807) is 4.90 Å². The Morgan fingerprint density at radius 2 is 1.43 bits per heavy atom. The Hall–Kier alpha value is -2.30. The number of amides is 2. The highest BCUT2D eigenvalue weighted by Gasteiger charge is 2.44. The molecule has 0 radical (unpaired) electrons. The number of nitrogens with zero attached hydrogens (tertiary/aromatic N) is 2. The second-order valence-electron chi connectivity index (χ2n) is 8.71. The minimum Gasteiger partial charge on any atom is -0.494 e. The fourth-order valence-electron chi connectivity index (χ4n) is 5.12. The summed E-state index contributed by atoms with van der Waals surface area (Å²) >= 11 is 0. The number of rotatable bonds is 5. The van der Waals surface area contributed by atoms with E-state index in [4.69, 9.17) is 4.74 Å². The standard InChI is InChI=1S/C25H34N2O3/c1-2-30-21-15-13-19(14-16-21)22-23(26-17-9-6-10-18-26)25(29)27(24(22)28)20-11-7-4-3-5-8-12-20/h13-16,20H,2-12,17-18H2,1H3. The van der Waals surface area contributed by atoms with Crippen LogP contribution in [0.1, 0.15) is 76.7 Å².